The number of rotatable bonds is 5. The summed E-state index contributed by atoms with van der Waals surface area (Å²) in [5.41, 5.74) is 4.36. The van der Waals surface area contributed by atoms with E-state index in [1.54, 1.807) is 13.0 Å². The lowest BCUT2D eigenvalue weighted by molar-refractivity contribution is 0.102. The molecule has 0 atom stereocenters. The van der Waals surface area contributed by atoms with Crippen molar-refractivity contribution in [3.05, 3.63) is 70.7 Å². The van der Waals surface area contributed by atoms with Crippen LogP contribution in [0.3, 0.4) is 0 Å². The van der Waals surface area contributed by atoms with Crippen LogP contribution in [-0.4, -0.2) is 22.7 Å². The van der Waals surface area contributed by atoms with Gasteiger partial charge in [0, 0.05) is 18.3 Å². The third kappa shape index (κ3) is 4.29. The molecule has 0 saturated heterocycles. The third-order valence-electron chi connectivity index (χ3n) is 4.75. The minimum absolute atomic E-state index is 0.246. The molecule has 2 aromatic carbocycles. The third-order valence-corrected chi connectivity index (χ3v) is 4.75. The van der Waals surface area contributed by atoms with Gasteiger partial charge in [-0.2, -0.15) is 0 Å². The van der Waals surface area contributed by atoms with Gasteiger partial charge >= 0.3 is 0 Å². The number of amides is 1. The molecule has 0 fully saturated rings. The van der Waals surface area contributed by atoms with E-state index in [9.17, 15) is 4.79 Å². The molecule has 0 aliphatic carbocycles. The molecule has 148 valence electrons. The van der Waals surface area contributed by atoms with Gasteiger partial charge in [-0.25, -0.2) is 9.97 Å². The van der Waals surface area contributed by atoms with Crippen LogP contribution >= 0.6 is 0 Å². The highest BCUT2D eigenvalue weighted by Gasteiger charge is 2.14. The maximum absolute atomic E-state index is 12.7. The number of hydrogen-bond acceptors (Lipinski definition) is 6. The quantitative estimate of drug-likeness (QED) is 0.685. The molecule has 0 unspecified atom stereocenters. The summed E-state index contributed by atoms with van der Waals surface area (Å²) in [6.45, 7) is 6.59. The molecule has 0 spiro atoms. The van der Waals surface area contributed by atoms with Gasteiger partial charge < -0.3 is 20.1 Å². The SMILES string of the molecule is Cc1nc(NCc2ccc3c(c2)OCO3)cc(C(=O)Nc2ccc(C)c(C)c2)n1. The fourth-order valence-corrected chi connectivity index (χ4v) is 3.03. The highest BCUT2D eigenvalue weighted by Crippen LogP contribution is 2.32. The van der Waals surface area contributed by atoms with Crippen molar-refractivity contribution in [2.24, 2.45) is 0 Å². The lowest BCUT2D eigenvalue weighted by atomic mass is 10.1. The van der Waals surface area contributed by atoms with Crippen LogP contribution in [0.15, 0.2) is 42.5 Å². The summed E-state index contributed by atoms with van der Waals surface area (Å²) in [6, 6.07) is 13.2. The Morgan fingerprint density at radius 1 is 0.966 bits per heavy atom. The van der Waals surface area contributed by atoms with Crippen LogP contribution in [0.1, 0.15) is 33.0 Å². The van der Waals surface area contributed by atoms with Gasteiger partial charge in [0.1, 0.15) is 17.3 Å². The van der Waals surface area contributed by atoms with Crippen LogP contribution in [-0.2, 0) is 6.54 Å². The summed E-state index contributed by atoms with van der Waals surface area (Å²) >= 11 is 0. The molecule has 1 aromatic heterocycles. The second-order valence-electron chi connectivity index (χ2n) is 6.98. The number of carbonyl (C=O) groups is 1. The van der Waals surface area contributed by atoms with Crippen molar-refractivity contribution in [3.63, 3.8) is 0 Å². The number of benzene rings is 2. The molecule has 29 heavy (non-hydrogen) atoms. The van der Waals surface area contributed by atoms with Gasteiger partial charge in [-0.15, -0.1) is 0 Å². The number of aromatic nitrogens is 2. The number of nitrogens with zero attached hydrogens (tertiary/aromatic N) is 2. The number of fused-ring (bicyclic) bond motifs is 1. The molecule has 1 aliphatic rings. The molecule has 2 heterocycles. The fourth-order valence-electron chi connectivity index (χ4n) is 3.03. The van der Waals surface area contributed by atoms with Gasteiger partial charge in [0.15, 0.2) is 11.5 Å². The minimum Gasteiger partial charge on any atom is -0.454 e. The van der Waals surface area contributed by atoms with E-state index in [0.29, 0.717) is 23.9 Å². The first-order chi connectivity index (χ1) is 14.0. The molecule has 0 radical (unpaired) electrons. The van der Waals surface area contributed by atoms with Crippen molar-refractivity contribution >= 4 is 17.4 Å². The van der Waals surface area contributed by atoms with Crippen molar-refractivity contribution < 1.29 is 14.3 Å². The predicted molar refractivity (Wildman–Crippen MR) is 111 cm³/mol. The zero-order chi connectivity index (χ0) is 20.4. The van der Waals surface area contributed by atoms with Gasteiger partial charge in [-0.3, -0.25) is 4.79 Å². The van der Waals surface area contributed by atoms with Crippen LogP contribution in [0.2, 0.25) is 0 Å². The Balaban J connectivity index is 1.46. The maximum Gasteiger partial charge on any atom is 0.274 e. The van der Waals surface area contributed by atoms with Crippen molar-refractivity contribution in [3.8, 4) is 11.5 Å². The number of anilines is 2. The molecule has 0 bridgehead atoms. The van der Waals surface area contributed by atoms with Gasteiger partial charge in [0.2, 0.25) is 6.79 Å². The molecule has 3 aromatic rings. The molecule has 2 N–H and O–H groups in total. The second kappa shape index (κ2) is 7.79. The number of carbonyl (C=O) groups excluding carboxylic acids is 1. The van der Waals surface area contributed by atoms with Crippen LogP contribution in [0.25, 0.3) is 0 Å². The molecular formula is C22H22N4O3. The van der Waals surface area contributed by atoms with E-state index in [0.717, 1.165) is 28.3 Å². The van der Waals surface area contributed by atoms with E-state index < -0.39 is 0 Å². The fraction of sp³-hybridized carbons (Fsp3) is 0.227. The monoisotopic (exact) mass is 390 g/mol. The Kier molecular flexibility index (Phi) is 5.03. The first-order valence-electron chi connectivity index (χ1n) is 9.34. The van der Waals surface area contributed by atoms with E-state index in [-0.39, 0.29) is 12.7 Å². The van der Waals surface area contributed by atoms with Gasteiger partial charge in [-0.1, -0.05) is 12.1 Å². The lowest BCUT2D eigenvalue weighted by Crippen LogP contribution is -2.16. The van der Waals surface area contributed by atoms with Gasteiger partial charge in [0.25, 0.3) is 5.91 Å². The number of nitrogens with one attached hydrogen (secondary N) is 2. The van der Waals surface area contributed by atoms with E-state index in [2.05, 4.69) is 20.6 Å². The first kappa shape index (κ1) is 18.7. The zero-order valence-corrected chi connectivity index (χ0v) is 16.6. The lowest BCUT2D eigenvalue weighted by Gasteiger charge is -2.10. The predicted octanol–water partition coefficient (Wildman–Crippen LogP) is 3.99. The van der Waals surface area contributed by atoms with Gasteiger partial charge in [-0.05, 0) is 61.7 Å². The average molecular weight is 390 g/mol. The van der Waals surface area contributed by atoms with Crippen molar-refractivity contribution in [2.75, 3.05) is 17.4 Å². The van der Waals surface area contributed by atoms with E-state index >= 15 is 0 Å². The van der Waals surface area contributed by atoms with E-state index in [1.807, 2.05) is 50.2 Å². The van der Waals surface area contributed by atoms with E-state index in [1.165, 1.54) is 5.56 Å². The van der Waals surface area contributed by atoms with Crippen molar-refractivity contribution in [2.45, 2.75) is 27.3 Å². The van der Waals surface area contributed by atoms with Crippen LogP contribution in [0.4, 0.5) is 11.5 Å². The summed E-state index contributed by atoms with van der Waals surface area (Å²) in [4.78, 5) is 21.3. The van der Waals surface area contributed by atoms with Gasteiger partial charge in [0.05, 0.1) is 0 Å². The Hall–Kier alpha value is -3.61. The summed E-state index contributed by atoms with van der Waals surface area (Å²) < 4.78 is 10.7. The molecular weight excluding hydrogens is 368 g/mol. The standard InChI is InChI=1S/C22H22N4O3/c1-13-4-6-17(8-14(13)2)26-22(27)18-10-21(25-15(3)24-18)23-11-16-5-7-19-20(9-16)29-12-28-19/h4-10H,11-12H2,1-3H3,(H,26,27)(H,23,24,25). The highest BCUT2D eigenvalue weighted by atomic mass is 16.7. The minimum atomic E-state index is -0.273. The maximum atomic E-state index is 12.7. The topological polar surface area (TPSA) is 85.4 Å². The highest BCUT2D eigenvalue weighted by molar-refractivity contribution is 6.03. The molecule has 1 aliphatic heterocycles. The first-order valence-corrected chi connectivity index (χ1v) is 9.34. The average Bonchev–Trinajstić information content (AvgIpc) is 3.16. The van der Waals surface area contributed by atoms with E-state index in [4.69, 9.17) is 9.47 Å². The molecule has 7 heteroatoms. The Morgan fingerprint density at radius 3 is 2.62 bits per heavy atom. The Morgan fingerprint density at radius 2 is 1.79 bits per heavy atom. The largest absolute Gasteiger partial charge is 0.454 e. The zero-order valence-electron chi connectivity index (χ0n) is 16.6. The summed E-state index contributed by atoms with van der Waals surface area (Å²) in [7, 11) is 0. The number of hydrogen-bond donors (Lipinski definition) is 2. The van der Waals surface area contributed by atoms with Crippen LogP contribution < -0.4 is 20.1 Å². The summed E-state index contributed by atoms with van der Waals surface area (Å²) in [6.07, 6.45) is 0. The van der Waals surface area contributed by atoms with Crippen molar-refractivity contribution in [1.82, 2.24) is 9.97 Å². The van der Waals surface area contributed by atoms with Crippen molar-refractivity contribution in [1.29, 1.82) is 0 Å². The number of ether oxygens (including phenoxy) is 2. The molecule has 7 nitrogen and oxygen atoms in total. The molecule has 0 saturated carbocycles. The molecule has 4 rings (SSSR count). The second-order valence-corrected chi connectivity index (χ2v) is 6.98. The smallest absolute Gasteiger partial charge is 0.274 e. The number of aryl methyl sites for hydroxylation is 3. The summed E-state index contributed by atoms with van der Waals surface area (Å²) in [5, 5.41) is 6.14. The van der Waals surface area contributed by atoms with Crippen LogP contribution in [0.5, 0.6) is 11.5 Å². The Labute approximate surface area is 169 Å². The van der Waals surface area contributed by atoms with Crippen LogP contribution in [0, 0.1) is 20.8 Å². The summed E-state index contributed by atoms with van der Waals surface area (Å²) in [5.74, 6) is 2.31. The molecule has 1 amide bonds. The normalized spacial score (nSPS) is 12.0. The Bertz CT molecular complexity index is 1080.